The van der Waals surface area contributed by atoms with Crippen LogP contribution in [0, 0.1) is 0 Å². The molecule has 1 aromatic heterocycles. The summed E-state index contributed by atoms with van der Waals surface area (Å²) in [7, 11) is 0. The van der Waals surface area contributed by atoms with Crippen LogP contribution in [0.2, 0.25) is 0 Å². The van der Waals surface area contributed by atoms with Crippen LogP contribution in [-0.4, -0.2) is 16.1 Å². The molecule has 17 heavy (non-hydrogen) atoms. The van der Waals surface area contributed by atoms with E-state index < -0.39 is 5.97 Å². The molecule has 1 aromatic carbocycles. The fourth-order valence-corrected chi connectivity index (χ4v) is 1.24. The number of carbonyl (C=O) groups excluding carboxylic acids is 1. The van der Waals surface area contributed by atoms with Gasteiger partial charge in [0.1, 0.15) is 17.3 Å². The van der Waals surface area contributed by atoms with Crippen LogP contribution in [0.1, 0.15) is 10.4 Å². The first-order chi connectivity index (χ1) is 8.15. The number of nitrogens with two attached hydrogens (primary N) is 1. The molecule has 0 radical (unpaired) electrons. The summed E-state index contributed by atoms with van der Waals surface area (Å²) in [4.78, 5) is 15.4. The van der Waals surface area contributed by atoms with Crippen LogP contribution in [0.3, 0.4) is 0 Å². The first-order valence-electron chi connectivity index (χ1n) is 4.88. The van der Waals surface area contributed by atoms with Crippen molar-refractivity contribution < 1.29 is 14.6 Å². The van der Waals surface area contributed by atoms with E-state index in [1.54, 1.807) is 12.1 Å². The molecule has 3 N–H and O–H groups in total. The fraction of sp³-hybridized carbons (Fsp3) is 0. The van der Waals surface area contributed by atoms with Crippen molar-refractivity contribution in [3.63, 3.8) is 0 Å². The highest BCUT2D eigenvalue weighted by Gasteiger charge is 2.08. The van der Waals surface area contributed by atoms with Crippen LogP contribution in [-0.2, 0) is 0 Å². The molecule has 0 atom stereocenters. The average molecular weight is 230 g/mol. The van der Waals surface area contributed by atoms with E-state index in [2.05, 4.69) is 4.98 Å². The number of pyridine rings is 1. The van der Waals surface area contributed by atoms with Gasteiger partial charge in [-0.3, -0.25) is 0 Å². The number of phenolic OH excluding ortho intramolecular Hbond substituents is 1. The van der Waals surface area contributed by atoms with Crippen molar-refractivity contribution in [1.29, 1.82) is 0 Å². The summed E-state index contributed by atoms with van der Waals surface area (Å²) in [6.45, 7) is 0. The van der Waals surface area contributed by atoms with Crippen molar-refractivity contribution in [1.82, 2.24) is 4.98 Å². The minimum Gasteiger partial charge on any atom is -0.508 e. The second-order valence-corrected chi connectivity index (χ2v) is 3.36. The lowest BCUT2D eigenvalue weighted by molar-refractivity contribution is 0.0734. The van der Waals surface area contributed by atoms with E-state index in [1.165, 1.54) is 30.5 Å². The lowest BCUT2D eigenvalue weighted by atomic mass is 10.3. The number of ether oxygens (including phenoxy) is 1. The van der Waals surface area contributed by atoms with E-state index in [0.29, 0.717) is 11.4 Å². The van der Waals surface area contributed by atoms with Gasteiger partial charge in [0.2, 0.25) is 0 Å². The largest absolute Gasteiger partial charge is 0.508 e. The van der Waals surface area contributed by atoms with Gasteiger partial charge in [-0.2, -0.15) is 0 Å². The van der Waals surface area contributed by atoms with Crippen LogP contribution in [0.25, 0.3) is 0 Å². The Morgan fingerprint density at radius 1 is 1.29 bits per heavy atom. The number of aromatic hydroxyl groups is 1. The Balaban J connectivity index is 2.14. The minimum absolute atomic E-state index is 0.0331. The Hall–Kier alpha value is -2.56. The Morgan fingerprint density at radius 2 is 2.12 bits per heavy atom. The molecule has 2 rings (SSSR count). The number of hydrogen-bond donors (Lipinski definition) is 2. The lowest BCUT2D eigenvalue weighted by Crippen LogP contribution is -2.09. The normalized spacial score (nSPS) is 9.88. The molecule has 5 nitrogen and oxygen atoms in total. The number of hydrogen-bond acceptors (Lipinski definition) is 5. The molecular formula is C12H10N2O3. The maximum Gasteiger partial charge on any atom is 0.345 e. The highest BCUT2D eigenvalue weighted by Crippen LogP contribution is 2.18. The molecule has 86 valence electrons. The maximum atomic E-state index is 11.7. The van der Waals surface area contributed by atoms with Gasteiger partial charge >= 0.3 is 5.97 Å². The maximum absolute atomic E-state index is 11.7. The van der Waals surface area contributed by atoms with E-state index in [-0.39, 0.29) is 11.5 Å². The molecule has 0 bridgehead atoms. The molecule has 0 saturated carbocycles. The molecule has 0 fully saturated rings. The second-order valence-electron chi connectivity index (χ2n) is 3.36. The first kappa shape index (κ1) is 10.9. The highest BCUT2D eigenvalue weighted by molar-refractivity contribution is 5.90. The fourth-order valence-electron chi connectivity index (χ4n) is 1.24. The van der Waals surface area contributed by atoms with Gasteiger partial charge in [-0.15, -0.1) is 0 Å². The molecule has 0 aliphatic heterocycles. The molecular weight excluding hydrogens is 220 g/mol. The summed E-state index contributed by atoms with van der Waals surface area (Å²) in [5.41, 5.74) is 5.70. The van der Waals surface area contributed by atoms with Crippen LogP contribution in [0.5, 0.6) is 11.5 Å². The smallest absolute Gasteiger partial charge is 0.345 e. The van der Waals surface area contributed by atoms with Gasteiger partial charge in [-0.25, -0.2) is 9.78 Å². The van der Waals surface area contributed by atoms with Gasteiger partial charge in [-0.1, -0.05) is 6.07 Å². The predicted octanol–water partition coefficient (Wildman–Crippen LogP) is 1.59. The minimum atomic E-state index is -0.553. The van der Waals surface area contributed by atoms with Gasteiger partial charge in [0.25, 0.3) is 0 Å². The van der Waals surface area contributed by atoms with Crippen molar-refractivity contribution in [2.75, 3.05) is 5.73 Å². The predicted molar refractivity (Wildman–Crippen MR) is 61.7 cm³/mol. The first-order valence-corrected chi connectivity index (χ1v) is 4.88. The van der Waals surface area contributed by atoms with Crippen LogP contribution in [0.15, 0.2) is 42.6 Å². The zero-order chi connectivity index (χ0) is 12.3. The van der Waals surface area contributed by atoms with E-state index in [9.17, 15) is 9.90 Å². The number of rotatable bonds is 2. The molecule has 5 heteroatoms. The quantitative estimate of drug-likeness (QED) is 0.604. The third kappa shape index (κ3) is 2.72. The summed E-state index contributed by atoms with van der Waals surface area (Å²) in [5, 5.41) is 9.21. The number of aromatic nitrogens is 1. The van der Waals surface area contributed by atoms with Gasteiger partial charge in [0.15, 0.2) is 0 Å². The zero-order valence-corrected chi connectivity index (χ0v) is 8.83. The summed E-state index contributed by atoms with van der Waals surface area (Å²) in [6, 6.07) is 9.03. The third-order valence-corrected chi connectivity index (χ3v) is 2.05. The molecule has 0 unspecified atom stereocenters. The van der Waals surface area contributed by atoms with Crippen LogP contribution >= 0.6 is 0 Å². The SMILES string of the molecule is Nc1ccc(C(=O)Oc2cccc(O)c2)cn1. The summed E-state index contributed by atoms with van der Waals surface area (Å²) < 4.78 is 5.04. The average Bonchev–Trinajstić information content (AvgIpc) is 2.29. The van der Waals surface area contributed by atoms with Gasteiger partial charge in [0.05, 0.1) is 5.56 Å². The van der Waals surface area contributed by atoms with E-state index in [1.807, 2.05) is 0 Å². The molecule has 0 aliphatic carbocycles. The van der Waals surface area contributed by atoms with Gasteiger partial charge in [0, 0.05) is 12.3 Å². The molecule has 2 aromatic rings. The van der Waals surface area contributed by atoms with Crippen LogP contribution < -0.4 is 10.5 Å². The summed E-state index contributed by atoms with van der Waals surface area (Å²) in [5.74, 6) is 0.0829. The second kappa shape index (κ2) is 4.52. The molecule has 0 spiro atoms. The Morgan fingerprint density at radius 3 is 2.76 bits per heavy atom. The van der Waals surface area contributed by atoms with Crippen LogP contribution in [0.4, 0.5) is 5.82 Å². The number of carbonyl (C=O) groups is 1. The van der Waals surface area contributed by atoms with Gasteiger partial charge < -0.3 is 15.6 Å². The number of nitrogens with zero attached hydrogens (tertiary/aromatic N) is 1. The summed E-state index contributed by atoms with van der Waals surface area (Å²) >= 11 is 0. The van der Waals surface area contributed by atoms with Crippen molar-refractivity contribution in [2.45, 2.75) is 0 Å². The topological polar surface area (TPSA) is 85.4 Å². The van der Waals surface area contributed by atoms with Crippen molar-refractivity contribution in [2.24, 2.45) is 0 Å². The molecule has 1 heterocycles. The Labute approximate surface area is 97.5 Å². The Bertz CT molecular complexity index is 538. The summed E-state index contributed by atoms with van der Waals surface area (Å²) in [6.07, 6.45) is 1.33. The van der Waals surface area contributed by atoms with Crippen molar-refractivity contribution >= 4 is 11.8 Å². The van der Waals surface area contributed by atoms with E-state index >= 15 is 0 Å². The molecule has 0 saturated heterocycles. The van der Waals surface area contributed by atoms with E-state index in [0.717, 1.165) is 0 Å². The third-order valence-electron chi connectivity index (χ3n) is 2.05. The highest BCUT2D eigenvalue weighted by atomic mass is 16.5. The standard InChI is InChI=1S/C12H10N2O3/c13-11-5-4-8(7-14-11)12(16)17-10-3-1-2-9(15)6-10/h1-7,15H,(H2,13,14). The van der Waals surface area contributed by atoms with Crippen molar-refractivity contribution in [3.05, 3.63) is 48.2 Å². The number of benzene rings is 1. The number of esters is 1. The monoisotopic (exact) mass is 230 g/mol. The number of anilines is 1. The van der Waals surface area contributed by atoms with Crippen molar-refractivity contribution in [3.8, 4) is 11.5 Å². The number of nitrogen functional groups attached to an aromatic ring is 1. The van der Waals surface area contributed by atoms with E-state index in [4.69, 9.17) is 10.5 Å². The van der Waals surface area contributed by atoms with Gasteiger partial charge in [-0.05, 0) is 24.3 Å². The lowest BCUT2D eigenvalue weighted by Gasteiger charge is -2.04. The molecule has 0 aliphatic rings. The molecule has 0 amide bonds. The zero-order valence-electron chi connectivity index (χ0n) is 8.83. The number of phenols is 1. The Kier molecular flexibility index (Phi) is 2.91.